The number of esters is 1. The van der Waals surface area contributed by atoms with Crippen LogP contribution >= 0.6 is 22.7 Å². The normalized spacial score (nSPS) is 12.4. The maximum Gasteiger partial charge on any atom is 0.358 e. The molecule has 21 heavy (non-hydrogen) atoms. The van der Waals surface area contributed by atoms with E-state index in [9.17, 15) is 4.79 Å². The smallest absolute Gasteiger partial charge is 0.358 e. The van der Waals surface area contributed by atoms with Gasteiger partial charge in [0, 0.05) is 9.75 Å². The van der Waals surface area contributed by atoms with E-state index in [4.69, 9.17) is 4.74 Å². The molecule has 0 amide bonds. The lowest BCUT2D eigenvalue weighted by molar-refractivity contribution is 0.0519. The van der Waals surface area contributed by atoms with E-state index < -0.39 is 0 Å². The third-order valence-corrected chi connectivity index (χ3v) is 4.92. The summed E-state index contributed by atoms with van der Waals surface area (Å²) in [6.45, 7) is 8.39. The zero-order chi connectivity index (χ0) is 15.4. The zero-order valence-corrected chi connectivity index (χ0v) is 14.3. The van der Waals surface area contributed by atoms with Gasteiger partial charge in [-0.25, -0.2) is 9.78 Å². The number of hydrogen-bond donors (Lipinski definition) is 1. The topological polar surface area (TPSA) is 51.2 Å². The van der Waals surface area contributed by atoms with Gasteiger partial charge in [0.1, 0.15) is 0 Å². The van der Waals surface area contributed by atoms with Gasteiger partial charge < -0.3 is 10.1 Å². The van der Waals surface area contributed by atoms with Gasteiger partial charge in [0.25, 0.3) is 0 Å². The van der Waals surface area contributed by atoms with Crippen molar-refractivity contribution in [1.82, 2.24) is 4.98 Å². The standard InChI is InChI=1S/C15H20N2O2S2/c1-5-19-14(18)13-10(4)21-15(17-13)16-12(9(2)3)11-7-6-8-20-11/h6-9,12H,5H2,1-4H3,(H,16,17). The van der Waals surface area contributed by atoms with Crippen LogP contribution in [0.4, 0.5) is 5.13 Å². The van der Waals surface area contributed by atoms with Crippen molar-refractivity contribution in [2.45, 2.75) is 33.7 Å². The Bertz CT molecular complexity index is 591. The summed E-state index contributed by atoms with van der Waals surface area (Å²) in [6, 6.07) is 4.37. The molecule has 2 rings (SSSR count). The summed E-state index contributed by atoms with van der Waals surface area (Å²) in [5.41, 5.74) is 0.415. The van der Waals surface area contributed by atoms with E-state index >= 15 is 0 Å². The molecule has 6 heteroatoms. The average Bonchev–Trinajstić information content (AvgIpc) is 3.05. The van der Waals surface area contributed by atoms with Crippen molar-refractivity contribution in [2.75, 3.05) is 11.9 Å². The monoisotopic (exact) mass is 324 g/mol. The quantitative estimate of drug-likeness (QED) is 0.795. The molecule has 2 aromatic heterocycles. The van der Waals surface area contributed by atoms with Crippen LogP contribution in [0.5, 0.6) is 0 Å². The second-order valence-corrected chi connectivity index (χ2v) is 7.21. The Kier molecular flexibility index (Phi) is 5.36. The van der Waals surface area contributed by atoms with Crippen LogP contribution in [0.15, 0.2) is 17.5 Å². The molecule has 2 aromatic rings. The molecule has 0 saturated heterocycles. The fourth-order valence-corrected chi connectivity index (χ4v) is 3.80. The van der Waals surface area contributed by atoms with Crippen molar-refractivity contribution in [1.29, 1.82) is 0 Å². The Labute approximate surface area is 133 Å². The molecule has 0 aliphatic carbocycles. The molecular weight excluding hydrogens is 304 g/mol. The Morgan fingerprint density at radius 3 is 2.81 bits per heavy atom. The van der Waals surface area contributed by atoms with Crippen LogP contribution in [-0.2, 0) is 4.74 Å². The highest BCUT2D eigenvalue weighted by Crippen LogP contribution is 2.32. The summed E-state index contributed by atoms with van der Waals surface area (Å²) >= 11 is 3.22. The lowest BCUT2D eigenvalue weighted by Crippen LogP contribution is -2.15. The molecule has 0 aromatic carbocycles. The van der Waals surface area contributed by atoms with Crippen LogP contribution in [0.1, 0.15) is 47.1 Å². The fourth-order valence-electron chi connectivity index (χ4n) is 2.01. The predicted molar refractivity (Wildman–Crippen MR) is 88.3 cm³/mol. The minimum Gasteiger partial charge on any atom is -0.461 e. The van der Waals surface area contributed by atoms with E-state index in [0.717, 1.165) is 10.0 Å². The van der Waals surface area contributed by atoms with Crippen molar-refractivity contribution in [2.24, 2.45) is 5.92 Å². The third-order valence-electron chi connectivity index (χ3n) is 3.06. The Morgan fingerprint density at radius 2 is 2.24 bits per heavy atom. The molecule has 1 atom stereocenters. The van der Waals surface area contributed by atoms with Gasteiger partial charge in [0.2, 0.25) is 0 Å². The molecule has 2 heterocycles. The number of anilines is 1. The third kappa shape index (κ3) is 3.83. The summed E-state index contributed by atoms with van der Waals surface area (Å²) in [5, 5.41) is 6.29. The molecule has 1 unspecified atom stereocenters. The first-order valence-electron chi connectivity index (χ1n) is 6.97. The van der Waals surface area contributed by atoms with Crippen molar-refractivity contribution < 1.29 is 9.53 Å². The zero-order valence-electron chi connectivity index (χ0n) is 12.7. The van der Waals surface area contributed by atoms with Crippen LogP contribution in [0.25, 0.3) is 0 Å². The van der Waals surface area contributed by atoms with Crippen LogP contribution < -0.4 is 5.32 Å². The molecular formula is C15H20N2O2S2. The van der Waals surface area contributed by atoms with E-state index in [1.807, 2.05) is 13.0 Å². The lowest BCUT2D eigenvalue weighted by atomic mass is 10.0. The molecule has 0 spiro atoms. The van der Waals surface area contributed by atoms with Gasteiger partial charge in [-0.15, -0.1) is 22.7 Å². The summed E-state index contributed by atoms with van der Waals surface area (Å²) in [4.78, 5) is 18.4. The maximum absolute atomic E-state index is 11.8. The first kappa shape index (κ1) is 16.0. The Hall–Kier alpha value is -1.40. The number of aryl methyl sites for hydroxylation is 1. The number of carbonyl (C=O) groups is 1. The predicted octanol–water partition coefficient (Wildman–Crippen LogP) is 4.50. The summed E-state index contributed by atoms with van der Waals surface area (Å²) < 4.78 is 5.03. The number of thiazole rings is 1. The number of aromatic nitrogens is 1. The largest absolute Gasteiger partial charge is 0.461 e. The highest BCUT2D eigenvalue weighted by Gasteiger charge is 2.21. The van der Waals surface area contributed by atoms with Crippen molar-refractivity contribution in [3.8, 4) is 0 Å². The van der Waals surface area contributed by atoms with Crippen LogP contribution in [0.3, 0.4) is 0 Å². The second kappa shape index (κ2) is 7.04. The number of nitrogens with one attached hydrogen (secondary N) is 1. The van der Waals surface area contributed by atoms with Crippen LogP contribution in [0, 0.1) is 12.8 Å². The van der Waals surface area contributed by atoms with E-state index in [1.54, 1.807) is 18.3 Å². The summed E-state index contributed by atoms with van der Waals surface area (Å²) in [6.07, 6.45) is 0. The van der Waals surface area contributed by atoms with E-state index in [-0.39, 0.29) is 12.0 Å². The van der Waals surface area contributed by atoms with Crippen LogP contribution in [0.2, 0.25) is 0 Å². The highest BCUT2D eigenvalue weighted by atomic mass is 32.1. The Balaban J connectivity index is 2.19. The minimum atomic E-state index is -0.350. The first-order valence-corrected chi connectivity index (χ1v) is 8.67. The van der Waals surface area contributed by atoms with Gasteiger partial charge in [0.05, 0.1) is 12.6 Å². The molecule has 0 fully saturated rings. The van der Waals surface area contributed by atoms with Gasteiger partial charge in [-0.1, -0.05) is 19.9 Å². The van der Waals surface area contributed by atoms with Crippen molar-refractivity contribution in [3.63, 3.8) is 0 Å². The molecule has 4 nitrogen and oxygen atoms in total. The lowest BCUT2D eigenvalue weighted by Gasteiger charge is -2.20. The van der Waals surface area contributed by atoms with Gasteiger partial charge in [-0.3, -0.25) is 0 Å². The SMILES string of the molecule is CCOC(=O)c1nc(NC(c2cccs2)C(C)C)sc1C. The van der Waals surface area contributed by atoms with Gasteiger partial charge in [0.15, 0.2) is 10.8 Å². The molecule has 0 radical (unpaired) electrons. The second-order valence-electron chi connectivity index (χ2n) is 5.03. The number of nitrogens with zero attached hydrogens (tertiary/aromatic N) is 1. The van der Waals surface area contributed by atoms with Gasteiger partial charge >= 0.3 is 5.97 Å². The van der Waals surface area contributed by atoms with Crippen LogP contribution in [-0.4, -0.2) is 17.6 Å². The molecule has 1 N–H and O–H groups in total. The first-order chi connectivity index (χ1) is 10.0. The van der Waals surface area contributed by atoms with E-state index in [1.165, 1.54) is 16.2 Å². The molecule has 0 aliphatic rings. The number of rotatable bonds is 6. The van der Waals surface area contributed by atoms with Crippen molar-refractivity contribution in [3.05, 3.63) is 33.0 Å². The van der Waals surface area contributed by atoms with E-state index in [2.05, 4.69) is 35.6 Å². The maximum atomic E-state index is 11.8. The Morgan fingerprint density at radius 1 is 1.48 bits per heavy atom. The van der Waals surface area contributed by atoms with Gasteiger partial charge in [-0.2, -0.15) is 0 Å². The highest BCUT2D eigenvalue weighted by molar-refractivity contribution is 7.15. The van der Waals surface area contributed by atoms with Gasteiger partial charge in [-0.05, 0) is 31.2 Å². The number of thiophene rings is 1. The average molecular weight is 324 g/mol. The number of hydrogen-bond acceptors (Lipinski definition) is 6. The minimum absolute atomic E-state index is 0.200. The molecule has 0 saturated carbocycles. The summed E-state index contributed by atoms with van der Waals surface area (Å²) in [5.74, 6) is 0.0791. The molecule has 0 bridgehead atoms. The fraction of sp³-hybridized carbons (Fsp3) is 0.467. The number of ether oxygens (including phenoxy) is 1. The van der Waals surface area contributed by atoms with Crippen molar-refractivity contribution >= 4 is 33.8 Å². The summed E-state index contributed by atoms with van der Waals surface area (Å²) in [7, 11) is 0. The van der Waals surface area contributed by atoms with E-state index in [0.29, 0.717) is 18.2 Å². The molecule has 114 valence electrons. The molecule has 0 aliphatic heterocycles. The number of carbonyl (C=O) groups excluding carboxylic acids is 1.